The largest absolute Gasteiger partial charge is 0.474 e. The van der Waals surface area contributed by atoms with Gasteiger partial charge in [0.25, 0.3) is 0 Å². The molecule has 0 bridgehead atoms. The van der Waals surface area contributed by atoms with Crippen molar-refractivity contribution in [3.05, 3.63) is 28.7 Å². The van der Waals surface area contributed by atoms with E-state index >= 15 is 4.39 Å². The van der Waals surface area contributed by atoms with Crippen LogP contribution in [-0.2, 0) is 0 Å². The van der Waals surface area contributed by atoms with E-state index in [0.717, 1.165) is 24.9 Å². The highest BCUT2D eigenvalue weighted by Gasteiger charge is 2.27. The number of hydrogen-bond acceptors (Lipinski definition) is 8. The molecule has 9 nitrogen and oxygen atoms in total. The maximum absolute atomic E-state index is 16.0. The monoisotopic (exact) mass is 471 g/mol. The lowest BCUT2D eigenvalue weighted by atomic mass is 10.0. The molecule has 11 heteroatoms. The third kappa shape index (κ3) is 3.68. The first-order chi connectivity index (χ1) is 15.9. The lowest BCUT2D eigenvalue weighted by Gasteiger charge is -2.30. The van der Waals surface area contributed by atoms with Crippen molar-refractivity contribution in [1.82, 2.24) is 30.5 Å². The molecular formula is C22H23ClFN7O2. The summed E-state index contributed by atoms with van der Waals surface area (Å²) in [6.07, 6.45) is 3.22. The number of ether oxygens (including phenoxy) is 2. The summed E-state index contributed by atoms with van der Waals surface area (Å²) in [7, 11) is 1.39. The van der Waals surface area contributed by atoms with Gasteiger partial charge in [0.05, 0.1) is 29.9 Å². The van der Waals surface area contributed by atoms with Crippen molar-refractivity contribution in [2.45, 2.75) is 38.8 Å². The Hall–Kier alpha value is -3.24. The molecule has 2 unspecified atom stereocenters. The van der Waals surface area contributed by atoms with Crippen LogP contribution in [0.1, 0.15) is 25.3 Å². The number of aryl methyl sites for hydroxylation is 1. The molecule has 4 heterocycles. The van der Waals surface area contributed by atoms with Crippen LogP contribution in [-0.4, -0.2) is 50.9 Å². The zero-order valence-electron chi connectivity index (χ0n) is 18.4. The second kappa shape index (κ2) is 8.27. The number of nitrogens with two attached hydrogens (primary N) is 1. The second-order valence-electron chi connectivity index (χ2n) is 8.22. The Morgan fingerprint density at radius 2 is 2.12 bits per heavy atom. The maximum atomic E-state index is 16.0. The van der Waals surface area contributed by atoms with Gasteiger partial charge in [0.15, 0.2) is 5.82 Å². The maximum Gasteiger partial charge on any atom is 0.318 e. The van der Waals surface area contributed by atoms with E-state index in [9.17, 15) is 0 Å². The first kappa shape index (κ1) is 21.6. The van der Waals surface area contributed by atoms with E-state index < -0.39 is 5.82 Å². The van der Waals surface area contributed by atoms with Gasteiger partial charge in [-0.3, -0.25) is 5.10 Å². The fourth-order valence-corrected chi connectivity index (χ4v) is 4.35. The number of halogens is 2. The Kier molecular flexibility index (Phi) is 5.41. The number of anilines is 1. The second-order valence-corrected chi connectivity index (χ2v) is 8.59. The normalized spacial score (nSPS) is 16.7. The van der Waals surface area contributed by atoms with Crippen molar-refractivity contribution in [3.8, 4) is 23.1 Å². The molecule has 0 radical (unpaired) electrons. The predicted molar refractivity (Wildman–Crippen MR) is 124 cm³/mol. The quantitative estimate of drug-likeness (QED) is 0.388. The molecule has 1 fully saturated rings. The van der Waals surface area contributed by atoms with Crippen molar-refractivity contribution in [2.24, 2.45) is 0 Å². The van der Waals surface area contributed by atoms with Gasteiger partial charge < -0.3 is 20.5 Å². The number of aromatic amines is 1. The van der Waals surface area contributed by atoms with Crippen molar-refractivity contribution < 1.29 is 13.9 Å². The van der Waals surface area contributed by atoms with Crippen LogP contribution < -0.4 is 20.5 Å². The molecule has 1 aromatic carbocycles. The van der Waals surface area contributed by atoms with Crippen LogP contribution in [0.3, 0.4) is 0 Å². The molecule has 2 atom stereocenters. The zero-order chi connectivity index (χ0) is 23.3. The number of pyridine rings is 1. The van der Waals surface area contributed by atoms with Crippen LogP contribution in [0.4, 0.5) is 10.2 Å². The van der Waals surface area contributed by atoms with Crippen molar-refractivity contribution >= 4 is 39.2 Å². The van der Waals surface area contributed by atoms with Crippen molar-refractivity contribution in [2.75, 3.05) is 19.4 Å². The molecule has 0 saturated carbocycles. The zero-order valence-corrected chi connectivity index (χ0v) is 19.1. The third-order valence-electron chi connectivity index (χ3n) is 5.90. The van der Waals surface area contributed by atoms with Gasteiger partial charge in [0.2, 0.25) is 5.88 Å². The van der Waals surface area contributed by atoms with Gasteiger partial charge in [-0.25, -0.2) is 9.37 Å². The summed E-state index contributed by atoms with van der Waals surface area (Å²) in [5.41, 5.74) is 7.95. The Morgan fingerprint density at radius 1 is 1.33 bits per heavy atom. The molecule has 5 rings (SSSR count). The van der Waals surface area contributed by atoms with Gasteiger partial charge in [-0.1, -0.05) is 11.6 Å². The van der Waals surface area contributed by atoms with E-state index in [1.165, 1.54) is 7.11 Å². The van der Waals surface area contributed by atoms with Crippen LogP contribution in [0.5, 0.6) is 11.9 Å². The number of fused-ring (bicyclic) bond motifs is 2. The van der Waals surface area contributed by atoms with Crippen LogP contribution in [0, 0.1) is 12.7 Å². The lowest BCUT2D eigenvalue weighted by molar-refractivity contribution is 0.170. The summed E-state index contributed by atoms with van der Waals surface area (Å²) in [6, 6.07) is 2.16. The number of nitrogen functional groups attached to an aromatic ring is 1. The van der Waals surface area contributed by atoms with Crippen LogP contribution in [0.25, 0.3) is 33.1 Å². The molecule has 172 valence electrons. The van der Waals surface area contributed by atoms with Crippen LogP contribution in [0.15, 0.2) is 12.3 Å². The molecule has 0 amide bonds. The number of nitrogens with one attached hydrogen (secondary N) is 2. The van der Waals surface area contributed by atoms with Crippen LogP contribution in [0.2, 0.25) is 5.02 Å². The number of aromatic nitrogens is 5. The smallest absolute Gasteiger partial charge is 0.318 e. The van der Waals surface area contributed by atoms with Gasteiger partial charge in [-0.05, 0) is 44.9 Å². The fourth-order valence-electron chi connectivity index (χ4n) is 4.11. The number of rotatable bonds is 6. The lowest BCUT2D eigenvalue weighted by Crippen LogP contribution is -2.45. The molecule has 1 aliphatic heterocycles. The van der Waals surface area contributed by atoms with Gasteiger partial charge >= 0.3 is 6.01 Å². The minimum absolute atomic E-state index is 0.00766. The molecule has 0 aliphatic carbocycles. The SMILES string of the molecule is COc1nc(N)c2c(OC(C)CC3CCN3)nc(-c3c(Cl)c(C)cc4[nH]ncc34)c(F)c2n1. The Balaban J connectivity index is 1.75. The summed E-state index contributed by atoms with van der Waals surface area (Å²) < 4.78 is 27.3. The summed E-state index contributed by atoms with van der Waals surface area (Å²) in [5, 5.41) is 11.5. The summed E-state index contributed by atoms with van der Waals surface area (Å²) >= 11 is 6.65. The molecular weight excluding hydrogens is 449 g/mol. The van der Waals surface area contributed by atoms with E-state index in [1.807, 2.05) is 19.9 Å². The van der Waals surface area contributed by atoms with Gasteiger partial charge in [0.1, 0.15) is 22.4 Å². The molecule has 4 N–H and O–H groups in total. The first-order valence-electron chi connectivity index (χ1n) is 10.6. The molecule has 0 spiro atoms. The van der Waals surface area contributed by atoms with Gasteiger partial charge in [-0.15, -0.1) is 0 Å². The molecule has 1 saturated heterocycles. The van der Waals surface area contributed by atoms with E-state index in [4.69, 9.17) is 26.8 Å². The third-order valence-corrected chi connectivity index (χ3v) is 6.39. The fraction of sp³-hybridized carbons (Fsp3) is 0.364. The molecule has 33 heavy (non-hydrogen) atoms. The molecule has 4 aromatic rings. The average Bonchev–Trinajstić information content (AvgIpc) is 3.21. The number of nitrogens with zero attached hydrogens (tertiary/aromatic N) is 4. The van der Waals surface area contributed by atoms with Crippen molar-refractivity contribution in [3.63, 3.8) is 0 Å². The number of benzene rings is 1. The van der Waals surface area contributed by atoms with E-state index in [1.54, 1.807) is 6.20 Å². The highest BCUT2D eigenvalue weighted by atomic mass is 35.5. The Morgan fingerprint density at radius 3 is 2.82 bits per heavy atom. The van der Waals surface area contributed by atoms with Crippen molar-refractivity contribution in [1.29, 1.82) is 0 Å². The number of methoxy groups -OCH3 is 1. The minimum atomic E-state index is -0.701. The topological polar surface area (TPSA) is 124 Å². The van der Waals surface area contributed by atoms with Gasteiger partial charge in [0, 0.05) is 17.0 Å². The average molecular weight is 472 g/mol. The number of H-pyrrole nitrogens is 1. The van der Waals surface area contributed by atoms with Crippen LogP contribution >= 0.6 is 11.6 Å². The van der Waals surface area contributed by atoms with E-state index in [0.29, 0.717) is 27.5 Å². The summed E-state index contributed by atoms with van der Waals surface area (Å²) in [6.45, 7) is 4.76. The van der Waals surface area contributed by atoms with E-state index in [-0.39, 0.29) is 40.4 Å². The van der Waals surface area contributed by atoms with Gasteiger partial charge in [-0.2, -0.15) is 15.1 Å². The Labute approximate surface area is 193 Å². The summed E-state index contributed by atoms with van der Waals surface area (Å²) in [4.78, 5) is 12.9. The molecule has 1 aliphatic rings. The summed E-state index contributed by atoms with van der Waals surface area (Å²) in [5.74, 6) is -0.543. The number of hydrogen-bond donors (Lipinski definition) is 3. The highest BCUT2D eigenvalue weighted by Crippen LogP contribution is 2.42. The van der Waals surface area contributed by atoms with E-state index in [2.05, 4.69) is 30.5 Å². The minimum Gasteiger partial charge on any atom is -0.474 e. The molecule has 3 aromatic heterocycles. The Bertz CT molecular complexity index is 1370. The predicted octanol–water partition coefficient (Wildman–Crippen LogP) is 3.78. The standard InChI is InChI=1S/C22H23ClFN7O2/c1-9-6-13-12(8-27-31-13)14(16(9)23)18-17(24)19-15(20(25)30-22(29-19)32-3)21(28-18)33-10(2)7-11-4-5-26-11/h6,8,10-11,26H,4-5,7H2,1-3H3,(H,27,31)(H2,25,29,30). The highest BCUT2D eigenvalue weighted by molar-refractivity contribution is 6.35. The first-order valence-corrected chi connectivity index (χ1v) is 11.0.